The summed E-state index contributed by atoms with van der Waals surface area (Å²) in [5, 5.41) is 0. The van der Waals surface area contributed by atoms with Gasteiger partial charge >= 0.3 is 0 Å². The van der Waals surface area contributed by atoms with Gasteiger partial charge in [0.15, 0.2) is 5.79 Å². The van der Waals surface area contributed by atoms with Gasteiger partial charge in [-0.3, -0.25) is 0 Å². The third kappa shape index (κ3) is 3.16. The van der Waals surface area contributed by atoms with Crippen LogP contribution in [0.2, 0.25) is 0 Å². The average molecular weight is 242 g/mol. The van der Waals surface area contributed by atoms with Crippen molar-refractivity contribution in [3.8, 4) is 0 Å². The third-order valence-electron chi connectivity index (χ3n) is 2.82. The van der Waals surface area contributed by atoms with Crippen LogP contribution >= 0.6 is 0 Å². The van der Waals surface area contributed by atoms with Gasteiger partial charge in [0.2, 0.25) is 0 Å². The molecule has 1 fully saturated rings. The quantitative estimate of drug-likeness (QED) is 0.667. The van der Waals surface area contributed by atoms with Gasteiger partial charge in [-0.05, 0) is 13.8 Å². The summed E-state index contributed by atoms with van der Waals surface area (Å²) in [6.07, 6.45) is 2.43. The van der Waals surface area contributed by atoms with Crippen LogP contribution in [0.4, 0.5) is 0 Å². The van der Waals surface area contributed by atoms with Gasteiger partial charge in [-0.2, -0.15) is 0 Å². The summed E-state index contributed by atoms with van der Waals surface area (Å²) in [5.41, 5.74) is 0. The van der Waals surface area contributed by atoms with Crippen LogP contribution < -0.4 is 0 Å². The number of hydrogen-bond donors (Lipinski definition) is 0. The largest absolute Gasteiger partial charge is 0.375 e. The molecule has 4 heteroatoms. The molecule has 0 radical (unpaired) electrons. The summed E-state index contributed by atoms with van der Waals surface area (Å²) in [4.78, 5) is 0. The highest BCUT2D eigenvalue weighted by atomic mass is 16.8. The van der Waals surface area contributed by atoms with E-state index in [0.29, 0.717) is 0 Å². The molecule has 0 aliphatic carbocycles. The van der Waals surface area contributed by atoms with E-state index in [0.717, 1.165) is 0 Å². The van der Waals surface area contributed by atoms with Crippen molar-refractivity contribution in [2.24, 2.45) is 0 Å². The molecule has 0 bridgehead atoms. The van der Waals surface area contributed by atoms with Crippen LogP contribution in [0.1, 0.15) is 13.8 Å². The lowest BCUT2D eigenvalue weighted by Gasteiger charge is -2.26. The van der Waals surface area contributed by atoms with Gasteiger partial charge in [0.25, 0.3) is 0 Å². The number of methoxy groups -OCH3 is 2. The van der Waals surface area contributed by atoms with E-state index >= 15 is 0 Å². The van der Waals surface area contributed by atoms with Crippen LogP contribution in [0.15, 0.2) is 25.3 Å². The topological polar surface area (TPSA) is 36.9 Å². The summed E-state index contributed by atoms with van der Waals surface area (Å²) in [7, 11) is 3.24. The maximum atomic E-state index is 5.84. The third-order valence-corrected chi connectivity index (χ3v) is 2.82. The van der Waals surface area contributed by atoms with Gasteiger partial charge in [-0.1, -0.05) is 12.2 Å². The Bertz CT molecular complexity index is 249. The predicted octanol–water partition coefficient (Wildman–Crippen LogP) is 1.91. The van der Waals surface area contributed by atoms with E-state index in [1.54, 1.807) is 26.4 Å². The molecular weight excluding hydrogens is 220 g/mol. The molecule has 98 valence electrons. The summed E-state index contributed by atoms with van der Waals surface area (Å²) in [6, 6.07) is 0. The van der Waals surface area contributed by atoms with Crippen molar-refractivity contribution in [1.82, 2.24) is 0 Å². The first kappa shape index (κ1) is 14.4. The number of rotatable bonds is 6. The molecule has 0 amide bonds. The van der Waals surface area contributed by atoms with Gasteiger partial charge in [-0.25, -0.2) is 0 Å². The zero-order valence-electron chi connectivity index (χ0n) is 11.0. The lowest BCUT2D eigenvalue weighted by Crippen LogP contribution is -2.42. The zero-order valence-corrected chi connectivity index (χ0v) is 11.0. The molecule has 0 saturated carbocycles. The minimum atomic E-state index is -0.658. The van der Waals surface area contributed by atoms with E-state index in [1.165, 1.54) is 0 Å². The monoisotopic (exact) mass is 242 g/mol. The van der Waals surface area contributed by atoms with Gasteiger partial charge in [-0.15, -0.1) is 13.2 Å². The van der Waals surface area contributed by atoms with Crippen molar-refractivity contribution in [3.63, 3.8) is 0 Å². The summed E-state index contributed by atoms with van der Waals surface area (Å²) < 4.78 is 22.4. The fraction of sp³-hybridized carbons (Fsp3) is 0.692. The van der Waals surface area contributed by atoms with E-state index in [1.807, 2.05) is 13.8 Å². The lowest BCUT2D eigenvalue weighted by molar-refractivity contribution is -0.159. The van der Waals surface area contributed by atoms with Crippen molar-refractivity contribution in [2.75, 3.05) is 14.2 Å². The second-order valence-corrected chi connectivity index (χ2v) is 4.44. The average Bonchev–Trinajstić information content (AvgIpc) is 2.59. The Morgan fingerprint density at radius 1 is 1.00 bits per heavy atom. The van der Waals surface area contributed by atoms with Crippen molar-refractivity contribution in [3.05, 3.63) is 25.3 Å². The van der Waals surface area contributed by atoms with Crippen LogP contribution in [-0.2, 0) is 18.9 Å². The Morgan fingerprint density at radius 3 is 1.59 bits per heavy atom. The van der Waals surface area contributed by atoms with Crippen molar-refractivity contribution < 1.29 is 18.9 Å². The minimum Gasteiger partial charge on any atom is -0.375 e. The molecule has 1 aliphatic heterocycles. The molecule has 4 nitrogen and oxygen atoms in total. The first-order valence-corrected chi connectivity index (χ1v) is 5.65. The van der Waals surface area contributed by atoms with Crippen LogP contribution in [0.25, 0.3) is 0 Å². The molecule has 17 heavy (non-hydrogen) atoms. The van der Waals surface area contributed by atoms with E-state index in [-0.39, 0.29) is 24.4 Å². The summed E-state index contributed by atoms with van der Waals surface area (Å²) in [5.74, 6) is -0.658. The number of ether oxygens (including phenoxy) is 4. The Labute approximate surface area is 103 Å². The molecule has 4 atom stereocenters. The van der Waals surface area contributed by atoms with Gasteiger partial charge in [0, 0.05) is 14.2 Å². The predicted molar refractivity (Wildman–Crippen MR) is 65.8 cm³/mol. The normalized spacial score (nSPS) is 30.8. The van der Waals surface area contributed by atoms with E-state index in [2.05, 4.69) is 13.2 Å². The Kier molecular flexibility index (Phi) is 4.89. The summed E-state index contributed by atoms with van der Waals surface area (Å²) in [6.45, 7) is 11.2. The van der Waals surface area contributed by atoms with E-state index in [9.17, 15) is 0 Å². The smallest absolute Gasteiger partial charge is 0.164 e. The molecule has 0 aromatic rings. The first-order valence-electron chi connectivity index (χ1n) is 5.65. The Hall–Kier alpha value is -0.680. The number of hydrogen-bond acceptors (Lipinski definition) is 4. The van der Waals surface area contributed by atoms with Crippen molar-refractivity contribution in [2.45, 2.75) is 44.1 Å². The maximum Gasteiger partial charge on any atom is 0.164 e. The van der Waals surface area contributed by atoms with E-state index in [4.69, 9.17) is 18.9 Å². The van der Waals surface area contributed by atoms with Crippen LogP contribution in [0.5, 0.6) is 0 Å². The van der Waals surface area contributed by atoms with Crippen molar-refractivity contribution in [1.29, 1.82) is 0 Å². The fourth-order valence-electron chi connectivity index (χ4n) is 2.05. The molecule has 0 aromatic carbocycles. The summed E-state index contributed by atoms with van der Waals surface area (Å²) >= 11 is 0. The second-order valence-electron chi connectivity index (χ2n) is 4.44. The highest BCUT2D eigenvalue weighted by Gasteiger charge is 2.47. The van der Waals surface area contributed by atoms with Crippen LogP contribution in [-0.4, -0.2) is 44.4 Å². The first-order chi connectivity index (χ1) is 7.99. The zero-order chi connectivity index (χ0) is 13.1. The second kappa shape index (κ2) is 5.78. The standard InChI is InChI=1S/C13H22O4/c1-7-9(14-5)11-12(10(8-2)15-6)17-13(3,4)16-11/h7-12H,1-2H2,3-6H3/t9-,10-,11-,12-/m0/s1. The molecule has 1 aliphatic rings. The molecule has 0 spiro atoms. The van der Waals surface area contributed by atoms with Gasteiger partial charge < -0.3 is 18.9 Å². The van der Waals surface area contributed by atoms with Gasteiger partial charge in [0.05, 0.1) is 0 Å². The maximum absolute atomic E-state index is 5.84. The SMILES string of the molecule is C=C[C@H](OC)[C@@H]1OC(C)(C)O[C@H]1[C@H](C=C)OC. The molecule has 1 saturated heterocycles. The highest BCUT2D eigenvalue weighted by molar-refractivity contribution is 5.02. The molecular formula is C13H22O4. The highest BCUT2D eigenvalue weighted by Crippen LogP contribution is 2.33. The lowest BCUT2D eigenvalue weighted by atomic mass is 10.0. The van der Waals surface area contributed by atoms with E-state index < -0.39 is 5.79 Å². The fourth-order valence-corrected chi connectivity index (χ4v) is 2.05. The molecule has 1 heterocycles. The molecule has 0 aromatic heterocycles. The van der Waals surface area contributed by atoms with Gasteiger partial charge in [0.1, 0.15) is 24.4 Å². The molecule has 1 rings (SSSR count). The van der Waals surface area contributed by atoms with Crippen molar-refractivity contribution >= 4 is 0 Å². The Morgan fingerprint density at radius 2 is 1.35 bits per heavy atom. The minimum absolute atomic E-state index is 0.237. The Balaban J connectivity index is 2.91. The van der Waals surface area contributed by atoms with Crippen LogP contribution in [0, 0.1) is 0 Å². The molecule has 0 unspecified atom stereocenters. The van der Waals surface area contributed by atoms with Crippen LogP contribution in [0.3, 0.4) is 0 Å². The molecule has 0 N–H and O–H groups in total.